The number of rotatable bonds is 4. The zero-order valence-electron chi connectivity index (χ0n) is 10.2. The van der Waals surface area contributed by atoms with Crippen molar-refractivity contribution in [3.05, 3.63) is 63.2 Å². The van der Waals surface area contributed by atoms with Crippen molar-refractivity contribution in [3.63, 3.8) is 0 Å². The fourth-order valence-corrected chi connectivity index (χ4v) is 1.93. The summed E-state index contributed by atoms with van der Waals surface area (Å²) in [5.74, 6) is -0.0225. The molecule has 6 nitrogen and oxygen atoms in total. The van der Waals surface area contributed by atoms with Gasteiger partial charge in [-0.25, -0.2) is 0 Å². The highest BCUT2D eigenvalue weighted by Gasteiger charge is 2.18. The maximum absolute atomic E-state index is 10.9. The molecule has 0 fully saturated rings. The summed E-state index contributed by atoms with van der Waals surface area (Å²) in [6.45, 7) is 0. The van der Waals surface area contributed by atoms with Gasteiger partial charge in [0.15, 0.2) is 0 Å². The normalized spacial score (nSPS) is 10.1. The predicted octanol–water partition coefficient (Wildman–Crippen LogP) is 3.32. The van der Waals surface area contributed by atoms with Gasteiger partial charge in [-0.1, -0.05) is 29.8 Å². The third kappa shape index (κ3) is 2.70. The number of benzene rings is 2. The SMILES string of the molecule is N=C(N)c1c(Cl)cccc1Oc1ccccc1[N+](=O)[O-]. The lowest BCUT2D eigenvalue weighted by Crippen LogP contribution is -2.13. The van der Waals surface area contributed by atoms with Crippen LogP contribution in [0, 0.1) is 15.5 Å². The minimum Gasteiger partial charge on any atom is -0.449 e. The topological polar surface area (TPSA) is 102 Å². The average Bonchev–Trinajstić information content (AvgIpc) is 2.38. The summed E-state index contributed by atoms with van der Waals surface area (Å²) in [5.41, 5.74) is 5.47. The van der Waals surface area contributed by atoms with Gasteiger partial charge in [0.25, 0.3) is 0 Å². The van der Waals surface area contributed by atoms with Gasteiger partial charge in [-0.2, -0.15) is 0 Å². The molecule has 0 radical (unpaired) electrons. The van der Waals surface area contributed by atoms with Crippen LogP contribution < -0.4 is 10.5 Å². The highest BCUT2D eigenvalue weighted by Crippen LogP contribution is 2.34. The predicted molar refractivity (Wildman–Crippen MR) is 75.6 cm³/mol. The van der Waals surface area contributed by atoms with Crippen molar-refractivity contribution in [3.8, 4) is 11.5 Å². The van der Waals surface area contributed by atoms with Crippen molar-refractivity contribution in [2.24, 2.45) is 5.73 Å². The number of para-hydroxylation sites is 2. The summed E-state index contributed by atoms with van der Waals surface area (Å²) in [6, 6.07) is 10.6. The summed E-state index contributed by atoms with van der Waals surface area (Å²) in [4.78, 5) is 10.4. The molecule has 0 unspecified atom stereocenters. The van der Waals surface area contributed by atoms with E-state index < -0.39 is 4.92 Å². The van der Waals surface area contributed by atoms with Crippen molar-refractivity contribution in [2.75, 3.05) is 0 Å². The van der Waals surface area contributed by atoms with E-state index >= 15 is 0 Å². The van der Waals surface area contributed by atoms with Crippen LogP contribution in [0.5, 0.6) is 11.5 Å². The van der Waals surface area contributed by atoms with Gasteiger partial charge >= 0.3 is 5.69 Å². The molecule has 0 heterocycles. The molecule has 0 spiro atoms. The van der Waals surface area contributed by atoms with Gasteiger partial charge in [-0.3, -0.25) is 15.5 Å². The highest BCUT2D eigenvalue weighted by atomic mass is 35.5. The van der Waals surface area contributed by atoms with Gasteiger partial charge < -0.3 is 10.5 Å². The molecule has 3 N–H and O–H groups in total. The molecule has 20 heavy (non-hydrogen) atoms. The molecular formula is C13H10ClN3O3. The van der Waals surface area contributed by atoms with E-state index in [0.717, 1.165) is 0 Å². The summed E-state index contributed by atoms with van der Waals surface area (Å²) < 4.78 is 5.50. The van der Waals surface area contributed by atoms with E-state index in [1.807, 2.05) is 0 Å². The third-order valence-corrected chi connectivity index (χ3v) is 2.84. The van der Waals surface area contributed by atoms with Crippen LogP contribution in [-0.4, -0.2) is 10.8 Å². The van der Waals surface area contributed by atoms with Crippen molar-refractivity contribution in [2.45, 2.75) is 0 Å². The standard InChI is InChI=1S/C13H10ClN3O3/c14-8-4-3-7-11(12(8)13(15)16)20-10-6-2-1-5-9(10)17(18)19/h1-7H,(H3,15,16). The van der Waals surface area contributed by atoms with Crippen LogP contribution in [0.2, 0.25) is 5.02 Å². The lowest BCUT2D eigenvalue weighted by Gasteiger charge is -2.11. The van der Waals surface area contributed by atoms with E-state index in [1.165, 1.54) is 18.2 Å². The van der Waals surface area contributed by atoms with Gasteiger partial charge in [0.2, 0.25) is 5.75 Å². The van der Waals surface area contributed by atoms with Crippen LogP contribution in [-0.2, 0) is 0 Å². The van der Waals surface area contributed by atoms with Gasteiger partial charge in [-0.05, 0) is 18.2 Å². The number of halogens is 1. The molecule has 0 bridgehead atoms. The first kappa shape index (κ1) is 13.8. The zero-order chi connectivity index (χ0) is 14.7. The highest BCUT2D eigenvalue weighted by molar-refractivity contribution is 6.34. The largest absolute Gasteiger partial charge is 0.449 e. The van der Waals surface area contributed by atoms with E-state index in [2.05, 4.69) is 0 Å². The molecule has 2 aromatic rings. The van der Waals surface area contributed by atoms with Gasteiger partial charge in [0.1, 0.15) is 11.6 Å². The summed E-state index contributed by atoms with van der Waals surface area (Å²) in [7, 11) is 0. The van der Waals surface area contributed by atoms with Crippen LogP contribution in [0.1, 0.15) is 5.56 Å². The van der Waals surface area contributed by atoms with Crippen LogP contribution in [0.25, 0.3) is 0 Å². The average molecular weight is 292 g/mol. The Kier molecular flexibility index (Phi) is 3.86. The van der Waals surface area contributed by atoms with E-state index in [4.69, 9.17) is 27.5 Å². The van der Waals surface area contributed by atoms with Crippen LogP contribution >= 0.6 is 11.6 Å². The smallest absolute Gasteiger partial charge is 0.311 e. The molecule has 0 saturated heterocycles. The number of nitrogen functional groups attached to an aromatic ring is 1. The van der Waals surface area contributed by atoms with Crippen LogP contribution in [0.4, 0.5) is 5.69 Å². The Labute approximate surface area is 119 Å². The minimum atomic E-state index is -0.548. The summed E-state index contributed by atoms with van der Waals surface area (Å²) in [6.07, 6.45) is 0. The van der Waals surface area contributed by atoms with Crippen molar-refractivity contribution in [1.29, 1.82) is 5.41 Å². The molecule has 0 saturated carbocycles. The van der Waals surface area contributed by atoms with Crippen molar-refractivity contribution in [1.82, 2.24) is 0 Å². The molecule has 2 rings (SSSR count). The van der Waals surface area contributed by atoms with E-state index in [0.29, 0.717) is 0 Å². The Morgan fingerprint density at radius 3 is 2.50 bits per heavy atom. The Hall–Kier alpha value is -2.60. The fourth-order valence-electron chi connectivity index (χ4n) is 1.66. The van der Waals surface area contributed by atoms with E-state index in [-0.39, 0.29) is 33.6 Å². The maximum Gasteiger partial charge on any atom is 0.311 e. The number of nitrogens with zero attached hydrogens (tertiary/aromatic N) is 1. The number of nitro groups is 1. The maximum atomic E-state index is 10.9. The summed E-state index contributed by atoms with van der Waals surface area (Å²) in [5, 5.41) is 18.7. The third-order valence-electron chi connectivity index (χ3n) is 2.53. The Bertz CT molecular complexity index is 688. The van der Waals surface area contributed by atoms with Crippen LogP contribution in [0.15, 0.2) is 42.5 Å². The lowest BCUT2D eigenvalue weighted by molar-refractivity contribution is -0.385. The monoisotopic (exact) mass is 291 g/mol. The molecule has 0 aromatic heterocycles. The first-order valence-corrected chi connectivity index (χ1v) is 5.92. The van der Waals surface area contributed by atoms with Gasteiger partial charge in [0.05, 0.1) is 15.5 Å². The molecule has 0 amide bonds. The first-order chi connectivity index (χ1) is 9.50. The van der Waals surface area contributed by atoms with Gasteiger partial charge in [0, 0.05) is 6.07 Å². The molecule has 0 aliphatic carbocycles. The Morgan fingerprint density at radius 2 is 1.85 bits per heavy atom. The number of nitrogens with two attached hydrogens (primary N) is 1. The number of hydrogen-bond acceptors (Lipinski definition) is 4. The number of ether oxygens (including phenoxy) is 1. The number of amidine groups is 1. The molecule has 7 heteroatoms. The molecule has 0 aliphatic rings. The van der Waals surface area contributed by atoms with Crippen molar-refractivity contribution >= 4 is 23.1 Å². The fraction of sp³-hybridized carbons (Fsp3) is 0. The molecule has 2 aromatic carbocycles. The molecular weight excluding hydrogens is 282 g/mol. The van der Waals surface area contributed by atoms with Crippen molar-refractivity contribution < 1.29 is 9.66 Å². The zero-order valence-corrected chi connectivity index (χ0v) is 10.9. The molecule has 0 aliphatic heterocycles. The van der Waals surface area contributed by atoms with Gasteiger partial charge in [-0.15, -0.1) is 0 Å². The number of nitrogens with one attached hydrogen (secondary N) is 1. The Morgan fingerprint density at radius 1 is 1.20 bits per heavy atom. The number of nitro benzene ring substituents is 1. The Balaban J connectivity index is 2.49. The second kappa shape index (κ2) is 5.58. The van der Waals surface area contributed by atoms with E-state index in [9.17, 15) is 10.1 Å². The molecule has 0 atom stereocenters. The van der Waals surface area contributed by atoms with E-state index in [1.54, 1.807) is 24.3 Å². The van der Waals surface area contributed by atoms with Crippen LogP contribution in [0.3, 0.4) is 0 Å². The lowest BCUT2D eigenvalue weighted by atomic mass is 10.2. The summed E-state index contributed by atoms with van der Waals surface area (Å²) >= 11 is 5.96. The molecule has 102 valence electrons. The second-order valence-electron chi connectivity index (χ2n) is 3.85. The quantitative estimate of drug-likeness (QED) is 0.390. The first-order valence-electron chi connectivity index (χ1n) is 5.55. The number of hydrogen-bond donors (Lipinski definition) is 2. The minimum absolute atomic E-state index is 0.0577. The second-order valence-corrected chi connectivity index (χ2v) is 4.26.